The summed E-state index contributed by atoms with van der Waals surface area (Å²) in [7, 11) is 4.50. The van der Waals surface area contributed by atoms with Gasteiger partial charge in [-0.1, -0.05) is 0 Å². The molecule has 0 saturated heterocycles. The topological polar surface area (TPSA) is 94.9 Å². The number of carbonyl (C=O) groups is 1. The van der Waals surface area contributed by atoms with Gasteiger partial charge in [0, 0.05) is 5.56 Å². The zero-order chi connectivity index (χ0) is 19.9. The zero-order valence-corrected chi connectivity index (χ0v) is 15.8. The number of nitrogens with one attached hydrogen (secondary N) is 2. The Bertz CT molecular complexity index is 899. The van der Waals surface area contributed by atoms with Crippen molar-refractivity contribution < 1.29 is 23.4 Å². The number of nitrogens with zero attached hydrogens (tertiary/aromatic N) is 1. The Morgan fingerprint density at radius 3 is 2.36 bits per heavy atom. The van der Waals surface area contributed by atoms with E-state index in [-0.39, 0.29) is 5.91 Å². The summed E-state index contributed by atoms with van der Waals surface area (Å²) in [4.78, 5) is 16.8. The van der Waals surface area contributed by atoms with Gasteiger partial charge in [-0.05, 0) is 36.4 Å². The molecule has 2 N–H and O–H groups in total. The molecule has 28 heavy (non-hydrogen) atoms. The van der Waals surface area contributed by atoms with Crippen molar-refractivity contribution in [2.45, 2.75) is 6.54 Å². The predicted molar refractivity (Wildman–Crippen MR) is 104 cm³/mol. The van der Waals surface area contributed by atoms with E-state index >= 15 is 0 Å². The van der Waals surface area contributed by atoms with Crippen LogP contribution in [-0.2, 0) is 6.54 Å². The molecule has 0 spiro atoms. The van der Waals surface area contributed by atoms with Gasteiger partial charge < -0.3 is 29.3 Å². The van der Waals surface area contributed by atoms with Gasteiger partial charge in [0.15, 0.2) is 11.5 Å². The lowest BCUT2D eigenvalue weighted by atomic mass is 10.1. The summed E-state index contributed by atoms with van der Waals surface area (Å²) >= 11 is 0. The van der Waals surface area contributed by atoms with E-state index in [0.29, 0.717) is 35.2 Å². The summed E-state index contributed by atoms with van der Waals surface area (Å²) in [5.41, 5.74) is 1.17. The van der Waals surface area contributed by atoms with Crippen molar-refractivity contribution in [3.8, 4) is 17.2 Å². The van der Waals surface area contributed by atoms with Gasteiger partial charge in [-0.2, -0.15) is 0 Å². The van der Waals surface area contributed by atoms with Crippen molar-refractivity contribution in [2.24, 2.45) is 0 Å². The number of anilines is 2. The third-order valence-electron chi connectivity index (χ3n) is 3.98. The van der Waals surface area contributed by atoms with Crippen LogP contribution < -0.4 is 24.8 Å². The molecular weight excluding hydrogens is 362 g/mol. The Labute approximate surface area is 162 Å². The summed E-state index contributed by atoms with van der Waals surface area (Å²) in [5, 5.41) is 5.93. The number of pyridine rings is 1. The maximum Gasteiger partial charge on any atom is 0.257 e. The maximum absolute atomic E-state index is 12.6. The summed E-state index contributed by atoms with van der Waals surface area (Å²) in [6.07, 6.45) is 3.25. The molecule has 0 bridgehead atoms. The van der Waals surface area contributed by atoms with Crippen LogP contribution in [0.3, 0.4) is 0 Å². The van der Waals surface area contributed by atoms with Crippen molar-refractivity contribution in [1.29, 1.82) is 0 Å². The van der Waals surface area contributed by atoms with Crippen molar-refractivity contribution in [2.75, 3.05) is 32.0 Å². The molecule has 0 aliphatic heterocycles. The van der Waals surface area contributed by atoms with E-state index in [4.69, 9.17) is 18.6 Å². The molecule has 146 valence electrons. The van der Waals surface area contributed by atoms with Gasteiger partial charge in [-0.15, -0.1) is 0 Å². The van der Waals surface area contributed by atoms with Crippen LogP contribution in [0, 0.1) is 0 Å². The quantitative estimate of drug-likeness (QED) is 0.614. The second-order valence-electron chi connectivity index (χ2n) is 5.73. The molecule has 0 saturated carbocycles. The van der Waals surface area contributed by atoms with Crippen LogP contribution in [0.15, 0.2) is 53.3 Å². The molecule has 0 unspecified atom stereocenters. The second kappa shape index (κ2) is 8.81. The number of ether oxygens (including phenoxy) is 3. The molecule has 3 rings (SSSR count). The first-order valence-corrected chi connectivity index (χ1v) is 8.48. The minimum absolute atomic E-state index is 0.344. The average molecular weight is 383 g/mol. The van der Waals surface area contributed by atoms with Gasteiger partial charge in [-0.25, -0.2) is 4.98 Å². The molecule has 1 amide bonds. The third kappa shape index (κ3) is 4.35. The SMILES string of the molecule is COc1cc(C(=O)Nc2ccc(NCc3ccco3)cn2)cc(OC)c1OC. The second-order valence-corrected chi connectivity index (χ2v) is 5.73. The highest BCUT2D eigenvalue weighted by molar-refractivity contribution is 6.04. The van der Waals surface area contributed by atoms with Crippen LogP contribution in [0.25, 0.3) is 0 Å². The number of hydrogen-bond acceptors (Lipinski definition) is 7. The lowest BCUT2D eigenvalue weighted by Crippen LogP contribution is -2.13. The minimum atomic E-state index is -0.344. The van der Waals surface area contributed by atoms with E-state index in [9.17, 15) is 4.79 Å². The number of rotatable bonds is 8. The fourth-order valence-electron chi connectivity index (χ4n) is 2.58. The van der Waals surface area contributed by atoms with Crippen LogP contribution in [0.1, 0.15) is 16.1 Å². The van der Waals surface area contributed by atoms with Crippen LogP contribution in [0.4, 0.5) is 11.5 Å². The Kier molecular flexibility index (Phi) is 6.01. The minimum Gasteiger partial charge on any atom is -0.493 e. The van der Waals surface area contributed by atoms with E-state index < -0.39 is 0 Å². The van der Waals surface area contributed by atoms with Gasteiger partial charge in [-0.3, -0.25) is 4.79 Å². The molecule has 8 heteroatoms. The summed E-state index contributed by atoms with van der Waals surface area (Å²) in [6, 6.07) is 10.4. The van der Waals surface area contributed by atoms with Gasteiger partial charge >= 0.3 is 0 Å². The molecule has 1 aromatic carbocycles. The molecule has 8 nitrogen and oxygen atoms in total. The fourth-order valence-corrected chi connectivity index (χ4v) is 2.58. The number of amides is 1. The van der Waals surface area contributed by atoms with E-state index in [1.165, 1.54) is 21.3 Å². The lowest BCUT2D eigenvalue weighted by Gasteiger charge is -2.14. The first kappa shape index (κ1) is 19.1. The van der Waals surface area contributed by atoms with E-state index in [0.717, 1.165) is 11.4 Å². The van der Waals surface area contributed by atoms with Gasteiger partial charge in [0.25, 0.3) is 5.91 Å². The molecule has 2 aromatic heterocycles. The van der Waals surface area contributed by atoms with E-state index in [2.05, 4.69) is 15.6 Å². The molecule has 0 radical (unpaired) electrons. The Balaban J connectivity index is 1.68. The highest BCUT2D eigenvalue weighted by Crippen LogP contribution is 2.38. The summed E-state index contributed by atoms with van der Waals surface area (Å²) < 4.78 is 21.1. The monoisotopic (exact) mass is 383 g/mol. The van der Waals surface area contributed by atoms with Crippen LogP contribution in [0.5, 0.6) is 17.2 Å². The maximum atomic E-state index is 12.6. The van der Waals surface area contributed by atoms with Crippen LogP contribution >= 0.6 is 0 Å². The van der Waals surface area contributed by atoms with Crippen LogP contribution in [-0.4, -0.2) is 32.2 Å². The van der Waals surface area contributed by atoms with E-state index in [1.807, 2.05) is 18.2 Å². The fraction of sp³-hybridized carbons (Fsp3) is 0.200. The molecule has 2 heterocycles. The molecule has 0 aliphatic carbocycles. The Hall–Kier alpha value is -3.68. The number of furan rings is 1. The van der Waals surface area contributed by atoms with Gasteiger partial charge in [0.1, 0.15) is 11.6 Å². The Morgan fingerprint density at radius 1 is 1.07 bits per heavy atom. The largest absolute Gasteiger partial charge is 0.493 e. The summed E-state index contributed by atoms with van der Waals surface area (Å²) in [6.45, 7) is 0.547. The summed E-state index contributed by atoms with van der Waals surface area (Å²) in [5.74, 6) is 2.12. The highest BCUT2D eigenvalue weighted by Gasteiger charge is 2.17. The third-order valence-corrected chi connectivity index (χ3v) is 3.98. The molecule has 3 aromatic rings. The van der Waals surface area contributed by atoms with Crippen molar-refractivity contribution in [1.82, 2.24) is 4.98 Å². The standard InChI is InChI=1S/C20H21N3O5/c1-25-16-9-13(10-17(26-2)19(16)27-3)20(24)23-18-7-6-14(11-22-18)21-12-15-5-4-8-28-15/h4-11,21H,12H2,1-3H3,(H,22,23,24). The number of methoxy groups -OCH3 is 3. The average Bonchev–Trinajstić information content (AvgIpc) is 3.25. The number of aromatic nitrogens is 1. The smallest absolute Gasteiger partial charge is 0.257 e. The van der Waals surface area contributed by atoms with Crippen molar-refractivity contribution >= 4 is 17.4 Å². The molecular formula is C20H21N3O5. The van der Waals surface area contributed by atoms with Crippen molar-refractivity contribution in [3.05, 3.63) is 60.2 Å². The number of benzene rings is 1. The zero-order valence-electron chi connectivity index (χ0n) is 15.8. The van der Waals surface area contributed by atoms with Crippen LogP contribution in [0.2, 0.25) is 0 Å². The first-order valence-electron chi connectivity index (χ1n) is 8.48. The highest BCUT2D eigenvalue weighted by atomic mass is 16.5. The normalized spacial score (nSPS) is 10.2. The number of carbonyl (C=O) groups excluding carboxylic acids is 1. The lowest BCUT2D eigenvalue weighted by molar-refractivity contribution is 0.102. The number of hydrogen-bond donors (Lipinski definition) is 2. The van der Waals surface area contributed by atoms with Gasteiger partial charge in [0.05, 0.1) is 46.0 Å². The first-order chi connectivity index (χ1) is 13.6. The van der Waals surface area contributed by atoms with Crippen molar-refractivity contribution in [3.63, 3.8) is 0 Å². The Morgan fingerprint density at radius 2 is 1.82 bits per heavy atom. The molecule has 0 atom stereocenters. The van der Waals surface area contributed by atoms with Gasteiger partial charge in [0.2, 0.25) is 5.75 Å². The predicted octanol–water partition coefficient (Wildman–Crippen LogP) is 3.56. The molecule has 0 fully saturated rings. The molecule has 0 aliphatic rings. The van der Waals surface area contributed by atoms with E-state index in [1.54, 1.807) is 30.7 Å².